The predicted molar refractivity (Wildman–Crippen MR) is 65.9 cm³/mol. The molecule has 0 spiro atoms. The second-order valence-corrected chi connectivity index (χ2v) is 4.33. The summed E-state index contributed by atoms with van der Waals surface area (Å²) in [6.45, 7) is 1.54. The van der Waals surface area contributed by atoms with Gasteiger partial charge in [-0.1, -0.05) is 12.1 Å². The summed E-state index contributed by atoms with van der Waals surface area (Å²) in [6.07, 6.45) is 0.888. The summed E-state index contributed by atoms with van der Waals surface area (Å²) in [5.74, 6) is 1.03. The van der Waals surface area contributed by atoms with Crippen LogP contribution in [0, 0.1) is 0 Å². The van der Waals surface area contributed by atoms with Crippen molar-refractivity contribution >= 4 is 5.91 Å². The van der Waals surface area contributed by atoms with Gasteiger partial charge in [0.15, 0.2) is 0 Å². The van der Waals surface area contributed by atoms with Gasteiger partial charge in [0.2, 0.25) is 5.91 Å². The van der Waals surface area contributed by atoms with Crippen LogP contribution in [0.2, 0.25) is 0 Å². The number of ether oxygens (including phenoxy) is 1. The van der Waals surface area contributed by atoms with Crippen LogP contribution in [0.1, 0.15) is 12.0 Å². The van der Waals surface area contributed by atoms with Crippen molar-refractivity contribution in [2.45, 2.75) is 19.0 Å². The number of rotatable bonds is 4. The minimum absolute atomic E-state index is 0.0359. The van der Waals surface area contributed by atoms with E-state index in [0.29, 0.717) is 6.54 Å². The van der Waals surface area contributed by atoms with E-state index < -0.39 is 0 Å². The number of likely N-dealkylation sites (N-methyl/N-ethyl adjacent to an activating group) is 1. The highest BCUT2D eigenvalue weighted by Gasteiger charge is 2.28. The molecule has 1 N–H and O–H groups in total. The number of hydrogen-bond acceptors (Lipinski definition) is 3. The monoisotopic (exact) mass is 234 g/mol. The highest BCUT2D eigenvalue weighted by Crippen LogP contribution is 2.14. The Kier molecular flexibility index (Phi) is 3.64. The maximum Gasteiger partial charge on any atom is 0.239 e. The summed E-state index contributed by atoms with van der Waals surface area (Å²) >= 11 is 0. The first-order valence-corrected chi connectivity index (χ1v) is 5.82. The van der Waals surface area contributed by atoms with Gasteiger partial charge in [-0.05, 0) is 24.1 Å². The number of carbonyl (C=O) groups is 1. The molecule has 1 aliphatic heterocycles. The smallest absolute Gasteiger partial charge is 0.239 e. The minimum Gasteiger partial charge on any atom is -0.497 e. The highest BCUT2D eigenvalue weighted by molar-refractivity contribution is 5.83. The maximum absolute atomic E-state index is 11.7. The van der Waals surface area contributed by atoms with Gasteiger partial charge in [0.05, 0.1) is 13.2 Å². The van der Waals surface area contributed by atoms with Crippen LogP contribution >= 0.6 is 0 Å². The Balaban J connectivity index is 1.91. The van der Waals surface area contributed by atoms with E-state index in [0.717, 1.165) is 24.3 Å². The molecule has 1 atom stereocenters. The van der Waals surface area contributed by atoms with Gasteiger partial charge in [0.1, 0.15) is 5.75 Å². The molecule has 1 saturated heterocycles. The largest absolute Gasteiger partial charge is 0.497 e. The fourth-order valence-corrected chi connectivity index (χ4v) is 2.04. The van der Waals surface area contributed by atoms with Crippen LogP contribution in [-0.4, -0.2) is 37.6 Å². The summed E-state index contributed by atoms with van der Waals surface area (Å²) in [6, 6.07) is 7.84. The van der Waals surface area contributed by atoms with Crippen LogP contribution in [0.25, 0.3) is 0 Å². The number of amides is 1. The number of likely N-dealkylation sites (tertiary alicyclic amines) is 1. The number of nitrogens with zero attached hydrogens (tertiary/aromatic N) is 1. The lowest BCUT2D eigenvalue weighted by Crippen LogP contribution is -2.36. The molecule has 1 fully saturated rings. The van der Waals surface area contributed by atoms with Crippen LogP contribution < -0.4 is 10.1 Å². The third kappa shape index (κ3) is 2.77. The van der Waals surface area contributed by atoms with E-state index in [1.54, 1.807) is 12.0 Å². The second-order valence-electron chi connectivity index (χ2n) is 4.33. The highest BCUT2D eigenvalue weighted by atomic mass is 16.5. The van der Waals surface area contributed by atoms with E-state index in [1.807, 2.05) is 31.3 Å². The Morgan fingerprint density at radius 3 is 3.00 bits per heavy atom. The molecule has 1 aromatic carbocycles. The first-order chi connectivity index (χ1) is 8.20. The van der Waals surface area contributed by atoms with E-state index in [-0.39, 0.29) is 11.9 Å². The van der Waals surface area contributed by atoms with Gasteiger partial charge in [-0.15, -0.1) is 0 Å². The van der Waals surface area contributed by atoms with Crippen molar-refractivity contribution in [2.24, 2.45) is 0 Å². The fourth-order valence-electron chi connectivity index (χ4n) is 2.04. The molecule has 17 heavy (non-hydrogen) atoms. The van der Waals surface area contributed by atoms with Crippen molar-refractivity contribution in [3.63, 3.8) is 0 Å². The Labute approximate surface area is 102 Å². The zero-order chi connectivity index (χ0) is 12.3. The topological polar surface area (TPSA) is 41.6 Å². The average molecular weight is 234 g/mol. The van der Waals surface area contributed by atoms with Gasteiger partial charge >= 0.3 is 0 Å². The predicted octanol–water partition coefficient (Wildman–Crippen LogP) is 1.02. The van der Waals surface area contributed by atoms with Gasteiger partial charge < -0.3 is 15.0 Å². The number of nitrogens with one attached hydrogen (secondary N) is 1. The number of benzene rings is 1. The Morgan fingerprint density at radius 2 is 2.35 bits per heavy atom. The van der Waals surface area contributed by atoms with Crippen molar-refractivity contribution in [3.8, 4) is 5.75 Å². The van der Waals surface area contributed by atoms with Crippen molar-refractivity contribution in [1.29, 1.82) is 0 Å². The number of hydrogen-bond donors (Lipinski definition) is 1. The lowest BCUT2D eigenvalue weighted by atomic mass is 10.2. The van der Waals surface area contributed by atoms with Gasteiger partial charge in [0.25, 0.3) is 0 Å². The van der Waals surface area contributed by atoms with Crippen LogP contribution in [0.3, 0.4) is 0 Å². The molecular weight excluding hydrogens is 216 g/mol. The molecular formula is C13H18N2O2. The van der Waals surface area contributed by atoms with E-state index in [9.17, 15) is 4.79 Å². The molecule has 1 aromatic rings. The van der Waals surface area contributed by atoms with Crippen LogP contribution in [0.15, 0.2) is 24.3 Å². The van der Waals surface area contributed by atoms with E-state index in [1.165, 1.54) is 0 Å². The lowest BCUT2D eigenvalue weighted by Gasteiger charge is -2.12. The Morgan fingerprint density at radius 1 is 1.53 bits per heavy atom. The van der Waals surface area contributed by atoms with Crippen LogP contribution in [0.4, 0.5) is 0 Å². The van der Waals surface area contributed by atoms with E-state index in [2.05, 4.69) is 5.32 Å². The molecule has 1 unspecified atom stereocenters. The molecule has 0 aromatic heterocycles. The maximum atomic E-state index is 11.7. The number of carbonyl (C=O) groups excluding carboxylic acids is 1. The summed E-state index contributed by atoms with van der Waals surface area (Å²) < 4.78 is 5.16. The van der Waals surface area contributed by atoms with Crippen molar-refractivity contribution in [2.75, 3.05) is 20.7 Å². The molecule has 0 aliphatic carbocycles. The third-order valence-electron chi connectivity index (χ3n) is 3.11. The van der Waals surface area contributed by atoms with Crippen molar-refractivity contribution in [3.05, 3.63) is 29.8 Å². The average Bonchev–Trinajstić information content (AvgIpc) is 2.68. The summed E-state index contributed by atoms with van der Waals surface area (Å²) in [5.41, 5.74) is 1.13. The zero-order valence-corrected chi connectivity index (χ0v) is 10.3. The first-order valence-electron chi connectivity index (χ1n) is 5.82. The Hall–Kier alpha value is -1.55. The quantitative estimate of drug-likeness (QED) is 0.845. The van der Waals surface area contributed by atoms with Crippen molar-refractivity contribution in [1.82, 2.24) is 10.2 Å². The Bertz CT molecular complexity index is 406. The van der Waals surface area contributed by atoms with Gasteiger partial charge in [-0.25, -0.2) is 0 Å². The normalized spacial score (nSPS) is 19.8. The lowest BCUT2D eigenvalue weighted by molar-refractivity contribution is -0.128. The summed E-state index contributed by atoms with van der Waals surface area (Å²) in [7, 11) is 3.50. The standard InChI is InChI=1S/C13H18N2O2/c1-15-7-6-12(13(15)16)14-9-10-4-3-5-11(8-10)17-2/h3-5,8,12,14H,6-7,9H2,1-2H3. The summed E-state index contributed by atoms with van der Waals surface area (Å²) in [5, 5.41) is 3.28. The van der Waals surface area contributed by atoms with Crippen LogP contribution in [-0.2, 0) is 11.3 Å². The second kappa shape index (κ2) is 5.19. The summed E-state index contributed by atoms with van der Waals surface area (Å²) in [4.78, 5) is 13.5. The molecule has 1 amide bonds. The van der Waals surface area contributed by atoms with Gasteiger partial charge in [-0.2, -0.15) is 0 Å². The SMILES string of the molecule is COc1cccc(CNC2CCN(C)C2=O)c1. The minimum atomic E-state index is -0.0359. The molecule has 1 heterocycles. The van der Waals surface area contributed by atoms with Crippen LogP contribution in [0.5, 0.6) is 5.75 Å². The van der Waals surface area contributed by atoms with Crippen molar-refractivity contribution < 1.29 is 9.53 Å². The van der Waals surface area contributed by atoms with Gasteiger partial charge in [-0.3, -0.25) is 4.79 Å². The van der Waals surface area contributed by atoms with E-state index >= 15 is 0 Å². The third-order valence-corrected chi connectivity index (χ3v) is 3.11. The molecule has 0 saturated carbocycles. The fraction of sp³-hybridized carbons (Fsp3) is 0.462. The molecule has 4 nitrogen and oxygen atoms in total. The molecule has 2 rings (SSSR count). The zero-order valence-electron chi connectivity index (χ0n) is 10.3. The molecule has 4 heteroatoms. The van der Waals surface area contributed by atoms with E-state index in [4.69, 9.17) is 4.74 Å². The van der Waals surface area contributed by atoms with Gasteiger partial charge in [0, 0.05) is 20.1 Å². The molecule has 0 radical (unpaired) electrons. The molecule has 0 bridgehead atoms. The number of methoxy groups -OCH3 is 1. The molecule has 1 aliphatic rings. The first kappa shape index (κ1) is 11.9. The molecule has 92 valence electrons.